The van der Waals surface area contributed by atoms with Crippen LogP contribution in [-0.2, 0) is 10.0 Å². The van der Waals surface area contributed by atoms with Crippen molar-refractivity contribution in [1.82, 2.24) is 9.71 Å². The molecule has 0 spiro atoms. The Labute approximate surface area is 90.8 Å². The lowest BCUT2D eigenvalue weighted by Crippen LogP contribution is -2.28. The van der Waals surface area contributed by atoms with Gasteiger partial charge in [0.1, 0.15) is 0 Å². The zero-order valence-electron chi connectivity index (χ0n) is 9.19. The summed E-state index contributed by atoms with van der Waals surface area (Å²) in [7, 11) is -3.19. The average Bonchev–Trinajstić information content (AvgIpc) is 2.14. The van der Waals surface area contributed by atoms with Gasteiger partial charge >= 0.3 is 0 Å². The number of aryl methyl sites for hydroxylation is 1. The summed E-state index contributed by atoms with van der Waals surface area (Å²) in [5.74, 6) is 0. The molecule has 84 valence electrons. The summed E-state index contributed by atoms with van der Waals surface area (Å²) in [4.78, 5) is 4.21. The van der Waals surface area contributed by atoms with Crippen molar-refractivity contribution < 1.29 is 8.42 Å². The fraction of sp³-hybridized carbons (Fsp3) is 0.500. The van der Waals surface area contributed by atoms with Crippen molar-refractivity contribution in [2.75, 3.05) is 6.26 Å². The molecule has 0 amide bonds. The molecule has 5 heteroatoms. The Kier molecular flexibility index (Phi) is 3.82. The minimum atomic E-state index is -3.19. The van der Waals surface area contributed by atoms with Crippen LogP contribution >= 0.6 is 0 Å². The Bertz CT molecular complexity index is 429. The molecule has 0 aliphatic carbocycles. The summed E-state index contributed by atoms with van der Waals surface area (Å²) < 4.78 is 24.9. The van der Waals surface area contributed by atoms with Crippen molar-refractivity contribution >= 4 is 10.0 Å². The van der Waals surface area contributed by atoms with Gasteiger partial charge in [0.05, 0.1) is 18.0 Å². The van der Waals surface area contributed by atoms with Gasteiger partial charge in [0, 0.05) is 6.20 Å². The van der Waals surface area contributed by atoms with E-state index in [0.717, 1.165) is 17.5 Å². The molecule has 0 aliphatic heterocycles. The SMILES string of the molecule is CCC(NS(C)(=O)=O)c1ncccc1C. The second-order valence-electron chi connectivity index (χ2n) is 3.56. The van der Waals surface area contributed by atoms with Crippen LogP contribution < -0.4 is 4.72 Å². The Hall–Kier alpha value is -0.940. The maximum absolute atomic E-state index is 11.1. The minimum absolute atomic E-state index is 0.235. The lowest BCUT2D eigenvalue weighted by molar-refractivity contribution is 0.548. The van der Waals surface area contributed by atoms with Crippen LogP contribution in [0.4, 0.5) is 0 Å². The van der Waals surface area contributed by atoms with Gasteiger partial charge in [-0.15, -0.1) is 0 Å². The summed E-state index contributed by atoms with van der Waals surface area (Å²) in [6.45, 7) is 3.85. The van der Waals surface area contributed by atoms with Crippen LogP contribution in [0.25, 0.3) is 0 Å². The van der Waals surface area contributed by atoms with E-state index in [1.807, 2.05) is 26.0 Å². The molecule has 1 unspecified atom stereocenters. The van der Waals surface area contributed by atoms with E-state index in [9.17, 15) is 8.42 Å². The molecule has 1 N–H and O–H groups in total. The molecule has 0 fully saturated rings. The van der Waals surface area contributed by atoms with Gasteiger partial charge in [0.15, 0.2) is 0 Å². The fourth-order valence-corrected chi connectivity index (χ4v) is 2.25. The Morgan fingerprint density at radius 2 is 2.20 bits per heavy atom. The molecule has 0 saturated heterocycles. The van der Waals surface area contributed by atoms with Gasteiger partial charge in [-0.25, -0.2) is 13.1 Å². The van der Waals surface area contributed by atoms with E-state index < -0.39 is 10.0 Å². The molecule has 15 heavy (non-hydrogen) atoms. The number of hydrogen-bond donors (Lipinski definition) is 1. The number of aromatic nitrogens is 1. The second-order valence-corrected chi connectivity index (χ2v) is 5.34. The number of rotatable bonds is 4. The van der Waals surface area contributed by atoms with Crippen LogP contribution in [0.15, 0.2) is 18.3 Å². The normalized spacial score (nSPS) is 13.8. The molecular formula is C10H16N2O2S. The van der Waals surface area contributed by atoms with Gasteiger partial charge < -0.3 is 0 Å². The van der Waals surface area contributed by atoms with E-state index in [1.165, 1.54) is 0 Å². The number of hydrogen-bond acceptors (Lipinski definition) is 3. The van der Waals surface area contributed by atoms with Crippen molar-refractivity contribution in [3.63, 3.8) is 0 Å². The van der Waals surface area contributed by atoms with Crippen molar-refractivity contribution in [3.8, 4) is 0 Å². The van der Waals surface area contributed by atoms with Crippen molar-refractivity contribution in [2.24, 2.45) is 0 Å². The molecular weight excluding hydrogens is 212 g/mol. The molecule has 0 saturated carbocycles. The monoisotopic (exact) mass is 228 g/mol. The predicted molar refractivity (Wildman–Crippen MR) is 60.0 cm³/mol. The molecule has 4 nitrogen and oxygen atoms in total. The quantitative estimate of drug-likeness (QED) is 0.847. The van der Waals surface area contributed by atoms with Crippen LogP contribution in [-0.4, -0.2) is 19.7 Å². The topological polar surface area (TPSA) is 59.1 Å². The minimum Gasteiger partial charge on any atom is -0.259 e. The zero-order valence-corrected chi connectivity index (χ0v) is 10.0. The maximum Gasteiger partial charge on any atom is 0.209 e. The van der Waals surface area contributed by atoms with Crippen LogP contribution in [0.2, 0.25) is 0 Å². The molecule has 0 bridgehead atoms. The highest BCUT2D eigenvalue weighted by Crippen LogP contribution is 2.18. The number of nitrogens with one attached hydrogen (secondary N) is 1. The van der Waals surface area contributed by atoms with Gasteiger partial charge in [0.25, 0.3) is 0 Å². The summed E-state index contributed by atoms with van der Waals surface area (Å²) in [5.41, 5.74) is 1.80. The third kappa shape index (κ3) is 3.60. The number of nitrogens with zero attached hydrogens (tertiary/aromatic N) is 1. The van der Waals surface area contributed by atoms with Crippen molar-refractivity contribution in [3.05, 3.63) is 29.6 Å². The number of sulfonamides is 1. The average molecular weight is 228 g/mol. The van der Waals surface area contributed by atoms with E-state index in [2.05, 4.69) is 9.71 Å². The van der Waals surface area contributed by atoms with E-state index >= 15 is 0 Å². The molecule has 0 radical (unpaired) electrons. The summed E-state index contributed by atoms with van der Waals surface area (Å²) in [6, 6.07) is 3.53. The van der Waals surface area contributed by atoms with E-state index in [1.54, 1.807) is 6.20 Å². The second kappa shape index (κ2) is 4.72. The van der Waals surface area contributed by atoms with Crippen LogP contribution in [0.1, 0.15) is 30.6 Å². The summed E-state index contributed by atoms with van der Waals surface area (Å²) >= 11 is 0. The van der Waals surface area contributed by atoms with Gasteiger partial charge in [-0.1, -0.05) is 13.0 Å². The van der Waals surface area contributed by atoms with Gasteiger partial charge in [-0.05, 0) is 25.0 Å². The van der Waals surface area contributed by atoms with Crippen LogP contribution in [0.3, 0.4) is 0 Å². The third-order valence-corrected chi connectivity index (χ3v) is 2.86. The zero-order chi connectivity index (χ0) is 11.5. The molecule has 0 aromatic carbocycles. The lowest BCUT2D eigenvalue weighted by atomic mass is 10.1. The maximum atomic E-state index is 11.1. The van der Waals surface area contributed by atoms with Gasteiger partial charge in [-0.2, -0.15) is 0 Å². The van der Waals surface area contributed by atoms with Gasteiger partial charge in [0.2, 0.25) is 10.0 Å². The first-order valence-electron chi connectivity index (χ1n) is 4.83. The first kappa shape index (κ1) is 12.1. The summed E-state index contributed by atoms with van der Waals surface area (Å²) in [5, 5.41) is 0. The molecule has 0 aliphatic rings. The van der Waals surface area contributed by atoms with Crippen LogP contribution in [0, 0.1) is 6.92 Å². The van der Waals surface area contributed by atoms with Crippen molar-refractivity contribution in [1.29, 1.82) is 0 Å². The first-order valence-corrected chi connectivity index (χ1v) is 6.72. The highest BCUT2D eigenvalue weighted by atomic mass is 32.2. The molecule has 1 aromatic rings. The molecule has 1 heterocycles. The highest BCUT2D eigenvalue weighted by molar-refractivity contribution is 7.88. The standard InChI is InChI=1S/C10H16N2O2S/c1-4-9(12-15(3,13)14)10-8(2)6-5-7-11-10/h5-7,9,12H,4H2,1-3H3. The largest absolute Gasteiger partial charge is 0.259 e. The fourth-order valence-electron chi connectivity index (χ4n) is 1.45. The molecule has 1 aromatic heterocycles. The molecule has 1 rings (SSSR count). The Morgan fingerprint density at radius 3 is 2.67 bits per heavy atom. The first-order chi connectivity index (χ1) is 6.94. The van der Waals surface area contributed by atoms with E-state index in [-0.39, 0.29) is 6.04 Å². The number of pyridine rings is 1. The van der Waals surface area contributed by atoms with Crippen molar-refractivity contribution in [2.45, 2.75) is 26.3 Å². The predicted octanol–water partition coefficient (Wildman–Crippen LogP) is 1.39. The van der Waals surface area contributed by atoms with Crippen LogP contribution in [0.5, 0.6) is 0 Å². The lowest BCUT2D eigenvalue weighted by Gasteiger charge is -2.16. The summed E-state index contributed by atoms with van der Waals surface area (Å²) in [6.07, 6.45) is 3.52. The smallest absolute Gasteiger partial charge is 0.209 e. The third-order valence-electron chi connectivity index (χ3n) is 2.14. The molecule has 1 atom stereocenters. The highest BCUT2D eigenvalue weighted by Gasteiger charge is 2.16. The Balaban J connectivity index is 2.98. The van der Waals surface area contributed by atoms with Gasteiger partial charge in [-0.3, -0.25) is 4.98 Å². The Morgan fingerprint density at radius 1 is 1.53 bits per heavy atom. The van der Waals surface area contributed by atoms with E-state index in [4.69, 9.17) is 0 Å². The van der Waals surface area contributed by atoms with E-state index in [0.29, 0.717) is 6.42 Å².